The van der Waals surface area contributed by atoms with Crippen molar-refractivity contribution in [2.75, 3.05) is 11.9 Å². The molecular formula is C17H9F5N2O2S. The Morgan fingerprint density at radius 2 is 1.56 bits per heavy atom. The van der Waals surface area contributed by atoms with Gasteiger partial charge in [-0.1, -0.05) is 30.3 Å². The minimum absolute atomic E-state index is 0.180. The number of hydrogen-bond donors (Lipinski definition) is 1. The Balaban J connectivity index is 1.67. The largest absolute Gasteiger partial charge is 0.477 e. The van der Waals surface area contributed by atoms with E-state index in [9.17, 15) is 26.7 Å². The molecule has 1 amide bonds. The quantitative estimate of drug-likeness (QED) is 0.389. The first-order valence-corrected chi connectivity index (χ1v) is 8.21. The molecule has 27 heavy (non-hydrogen) atoms. The standard InChI is InChI=1S/C17H9F5N2O2S/c18-11-12(19)14(21)16(15(22)13(11)20)26-6-10(25)24-17-23-9(7-27-17)8-4-2-1-3-5-8/h1-5,7H,6H2,(H,23,24,25). The van der Waals surface area contributed by atoms with Gasteiger partial charge in [-0.05, 0) is 0 Å². The zero-order valence-corrected chi connectivity index (χ0v) is 14.0. The van der Waals surface area contributed by atoms with Crippen molar-refractivity contribution in [1.29, 1.82) is 0 Å². The number of benzene rings is 2. The topological polar surface area (TPSA) is 51.2 Å². The van der Waals surface area contributed by atoms with Crippen LogP contribution < -0.4 is 10.1 Å². The van der Waals surface area contributed by atoms with Gasteiger partial charge >= 0.3 is 0 Å². The number of anilines is 1. The number of carbonyl (C=O) groups is 1. The lowest BCUT2D eigenvalue weighted by Crippen LogP contribution is -2.21. The Hall–Kier alpha value is -3.01. The molecule has 0 fully saturated rings. The van der Waals surface area contributed by atoms with Crippen molar-refractivity contribution in [3.8, 4) is 17.0 Å². The first kappa shape index (κ1) is 18.8. The zero-order valence-electron chi connectivity index (χ0n) is 13.2. The monoisotopic (exact) mass is 400 g/mol. The van der Waals surface area contributed by atoms with Gasteiger partial charge in [0.15, 0.2) is 17.5 Å². The third-order valence-corrected chi connectivity index (χ3v) is 4.09. The maximum Gasteiger partial charge on any atom is 0.264 e. The average molecular weight is 400 g/mol. The van der Waals surface area contributed by atoms with Crippen LogP contribution in [0, 0.1) is 29.1 Å². The number of thiazole rings is 1. The van der Waals surface area contributed by atoms with Crippen LogP contribution >= 0.6 is 11.3 Å². The van der Waals surface area contributed by atoms with Crippen LogP contribution in [0.1, 0.15) is 0 Å². The van der Waals surface area contributed by atoms with E-state index < -0.39 is 47.3 Å². The Kier molecular flexibility index (Phi) is 5.36. The summed E-state index contributed by atoms with van der Waals surface area (Å²) in [5.41, 5.74) is 1.41. The molecule has 3 rings (SSSR count). The van der Waals surface area contributed by atoms with Crippen LogP contribution in [-0.2, 0) is 4.79 Å². The van der Waals surface area contributed by atoms with E-state index in [1.807, 2.05) is 30.3 Å². The first-order chi connectivity index (χ1) is 12.9. The van der Waals surface area contributed by atoms with Gasteiger partial charge in [0.25, 0.3) is 5.91 Å². The van der Waals surface area contributed by atoms with Crippen LogP contribution in [0.4, 0.5) is 27.1 Å². The molecule has 0 bridgehead atoms. The lowest BCUT2D eigenvalue weighted by molar-refractivity contribution is -0.118. The number of ether oxygens (including phenoxy) is 1. The SMILES string of the molecule is O=C(COc1c(F)c(F)c(F)c(F)c1F)Nc1nc(-c2ccccc2)cs1. The number of halogens is 5. The molecule has 0 atom stereocenters. The number of carbonyl (C=O) groups excluding carboxylic acids is 1. The summed E-state index contributed by atoms with van der Waals surface area (Å²) in [5, 5.41) is 4.18. The number of rotatable bonds is 5. The third-order valence-electron chi connectivity index (χ3n) is 3.34. The molecule has 2 aromatic carbocycles. The Morgan fingerprint density at radius 3 is 2.19 bits per heavy atom. The summed E-state index contributed by atoms with van der Waals surface area (Å²) < 4.78 is 70.6. The van der Waals surface area contributed by atoms with E-state index in [-0.39, 0.29) is 5.13 Å². The highest BCUT2D eigenvalue weighted by molar-refractivity contribution is 7.14. The molecule has 0 saturated heterocycles. The third kappa shape index (κ3) is 3.90. The van der Waals surface area contributed by atoms with E-state index in [0.29, 0.717) is 5.69 Å². The van der Waals surface area contributed by atoms with Crippen LogP contribution in [0.25, 0.3) is 11.3 Å². The van der Waals surface area contributed by atoms with E-state index in [0.717, 1.165) is 16.9 Å². The average Bonchev–Trinajstić information content (AvgIpc) is 3.14. The van der Waals surface area contributed by atoms with E-state index in [1.165, 1.54) is 0 Å². The Bertz CT molecular complexity index is 965. The second-order valence-corrected chi connectivity index (χ2v) is 6.00. The maximum absolute atomic E-state index is 13.5. The van der Waals surface area contributed by atoms with Crippen LogP contribution in [-0.4, -0.2) is 17.5 Å². The van der Waals surface area contributed by atoms with Gasteiger partial charge in [-0.15, -0.1) is 11.3 Å². The smallest absolute Gasteiger partial charge is 0.264 e. The highest BCUT2D eigenvalue weighted by atomic mass is 32.1. The van der Waals surface area contributed by atoms with Crippen molar-refractivity contribution < 1.29 is 31.5 Å². The molecule has 1 heterocycles. The van der Waals surface area contributed by atoms with Gasteiger partial charge in [-0.25, -0.2) is 18.2 Å². The molecule has 0 saturated carbocycles. The molecule has 140 valence electrons. The van der Waals surface area contributed by atoms with E-state index in [4.69, 9.17) is 0 Å². The van der Waals surface area contributed by atoms with Crippen molar-refractivity contribution in [2.24, 2.45) is 0 Å². The van der Waals surface area contributed by atoms with Gasteiger partial charge in [0.2, 0.25) is 29.1 Å². The number of nitrogens with one attached hydrogen (secondary N) is 1. The van der Waals surface area contributed by atoms with E-state index >= 15 is 0 Å². The molecule has 0 radical (unpaired) electrons. The van der Waals surface area contributed by atoms with Crippen LogP contribution in [0.15, 0.2) is 35.7 Å². The number of hydrogen-bond acceptors (Lipinski definition) is 4. The summed E-state index contributed by atoms with van der Waals surface area (Å²) in [5.74, 6) is -13.3. The van der Waals surface area contributed by atoms with Gasteiger partial charge in [-0.2, -0.15) is 8.78 Å². The summed E-state index contributed by atoms with van der Waals surface area (Å²) >= 11 is 1.09. The van der Waals surface area contributed by atoms with E-state index in [2.05, 4.69) is 15.0 Å². The van der Waals surface area contributed by atoms with Crippen molar-refractivity contribution in [2.45, 2.75) is 0 Å². The predicted octanol–water partition coefficient (Wildman–Crippen LogP) is 4.52. The minimum atomic E-state index is -2.31. The van der Waals surface area contributed by atoms with Crippen LogP contribution in [0.2, 0.25) is 0 Å². The van der Waals surface area contributed by atoms with Gasteiger partial charge < -0.3 is 4.74 Å². The molecule has 4 nitrogen and oxygen atoms in total. The number of amides is 1. The second-order valence-electron chi connectivity index (χ2n) is 5.14. The summed E-state index contributed by atoms with van der Waals surface area (Å²) in [6.07, 6.45) is 0. The zero-order chi connectivity index (χ0) is 19.6. The van der Waals surface area contributed by atoms with Gasteiger partial charge in [0.05, 0.1) is 5.69 Å². The molecule has 0 unspecified atom stereocenters. The number of nitrogens with zero attached hydrogens (tertiary/aromatic N) is 1. The second kappa shape index (κ2) is 7.70. The summed E-state index contributed by atoms with van der Waals surface area (Å²) in [4.78, 5) is 16.0. The van der Waals surface area contributed by atoms with Crippen molar-refractivity contribution >= 4 is 22.4 Å². The molecule has 0 aliphatic heterocycles. The fraction of sp³-hybridized carbons (Fsp3) is 0.0588. The van der Waals surface area contributed by atoms with Crippen LogP contribution in [0.5, 0.6) is 5.75 Å². The lowest BCUT2D eigenvalue weighted by atomic mass is 10.2. The molecule has 0 aliphatic rings. The number of aromatic nitrogens is 1. The first-order valence-electron chi connectivity index (χ1n) is 7.33. The van der Waals surface area contributed by atoms with Gasteiger partial charge in [0, 0.05) is 10.9 Å². The molecule has 0 aliphatic carbocycles. The van der Waals surface area contributed by atoms with Crippen molar-refractivity contribution in [1.82, 2.24) is 4.98 Å². The lowest BCUT2D eigenvalue weighted by Gasteiger charge is -2.09. The highest BCUT2D eigenvalue weighted by Crippen LogP contribution is 2.29. The molecule has 1 N–H and O–H groups in total. The van der Waals surface area contributed by atoms with Gasteiger partial charge in [-0.3, -0.25) is 10.1 Å². The van der Waals surface area contributed by atoms with Gasteiger partial charge in [0.1, 0.15) is 0 Å². The minimum Gasteiger partial charge on any atom is -0.477 e. The summed E-state index contributed by atoms with van der Waals surface area (Å²) in [6, 6.07) is 9.07. The normalized spacial score (nSPS) is 10.7. The predicted molar refractivity (Wildman–Crippen MR) is 87.9 cm³/mol. The van der Waals surface area contributed by atoms with Crippen molar-refractivity contribution in [3.63, 3.8) is 0 Å². The molecule has 10 heteroatoms. The van der Waals surface area contributed by atoms with Crippen molar-refractivity contribution in [3.05, 3.63) is 64.8 Å². The Morgan fingerprint density at radius 1 is 0.963 bits per heavy atom. The fourth-order valence-corrected chi connectivity index (χ4v) is 2.81. The molecule has 3 aromatic rings. The highest BCUT2D eigenvalue weighted by Gasteiger charge is 2.27. The summed E-state index contributed by atoms with van der Waals surface area (Å²) in [7, 11) is 0. The molecule has 0 spiro atoms. The van der Waals surface area contributed by atoms with E-state index in [1.54, 1.807) is 5.38 Å². The summed E-state index contributed by atoms with van der Waals surface area (Å²) in [6.45, 7) is -0.974. The van der Waals surface area contributed by atoms with Crippen LogP contribution in [0.3, 0.4) is 0 Å². The maximum atomic E-state index is 13.5. The Labute approximate surface area is 153 Å². The molecular weight excluding hydrogens is 391 g/mol. The fourth-order valence-electron chi connectivity index (χ4n) is 2.08. The molecule has 1 aromatic heterocycles.